The zero-order chi connectivity index (χ0) is 13.8. The molecule has 0 spiro atoms. The average Bonchev–Trinajstić information content (AvgIpc) is 2.43. The van der Waals surface area contributed by atoms with Crippen LogP contribution >= 0.6 is 11.6 Å². The number of halogens is 1. The third-order valence-corrected chi connectivity index (χ3v) is 3.24. The Morgan fingerprint density at radius 2 is 2.11 bits per heavy atom. The minimum absolute atomic E-state index is 0.482. The molecular formula is C15H14ClN3. The molecule has 96 valence electrons. The number of nitrogens with zero attached hydrogens (tertiary/aromatic N) is 3. The Morgan fingerprint density at radius 3 is 2.79 bits per heavy atom. The summed E-state index contributed by atoms with van der Waals surface area (Å²) in [6.45, 7) is 3.97. The Bertz CT molecular complexity index is 644. The van der Waals surface area contributed by atoms with E-state index in [0.717, 1.165) is 35.5 Å². The van der Waals surface area contributed by atoms with Gasteiger partial charge in [0, 0.05) is 17.5 Å². The molecule has 0 N–H and O–H groups in total. The molecule has 0 atom stereocenters. The van der Waals surface area contributed by atoms with Gasteiger partial charge in [-0.1, -0.05) is 30.7 Å². The molecule has 19 heavy (non-hydrogen) atoms. The van der Waals surface area contributed by atoms with E-state index in [1.807, 2.05) is 25.1 Å². The fourth-order valence-corrected chi connectivity index (χ4v) is 2.07. The zero-order valence-corrected chi connectivity index (χ0v) is 11.7. The van der Waals surface area contributed by atoms with Gasteiger partial charge in [-0.25, -0.2) is 9.97 Å². The summed E-state index contributed by atoms with van der Waals surface area (Å²) in [6.07, 6.45) is 1.77. The van der Waals surface area contributed by atoms with Gasteiger partial charge in [-0.05, 0) is 25.5 Å². The predicted molar refractivity (Wildman–Crippen MR) is 75.9 cm³/mol. The van der Waals surface area contributed by atoms with Crippen molar-refractivity contribution in [3.05, 3.63) is 46.4 Å². The maximum absolute atomic E-state index is 8.96. The second kappa shape index (κ2) is 5.81. The van der Waals surface area contributed by atoms with Gasteiger partial charge in [-0.2, -0.15) is 5.26 Å². The maximum Gasteiger partial charge on any atom is 0.136 e. The summed E-state index contributed by atoms with van der Waals surface area (Å²) in [5, 5.41) is 9.45. The highest BCUT2D eigenvalue weighted by molar-refractivity contribution is 6.30. The third-order valence-electron chi connectivity index (χ3n) is 2.87. The molecule has 2 aromatic rings. The van der Waals surface area contributed by atoms with Crippen molar-refractivity contribution < 1.29 is 0 Å². The molecule has 2 rings (SSSR count). The van der Waals surface area contributed by atoms with E-state index in [2.05, 4.69) is 23.0 Å². The highest BCUT2D eigenvalue weighted by atomic mass is 35.5. The fraction of sp³-hybridized carbons (Fsp3) is 0.267. The van der Waals surface area contributed by atoms with Gasteiger partial charge >= 0.3 is 0 Å². The monoisotopic (exact) mass is 271 g/mol. The molecule has 0 amide bonds. The van der Waals surface area contributed by atoms with Crippen LogP contribution in [0, 0.1) is 18.3 Å². The Labute approximate surface area is 117 Å². The quantitative estimate of drug-likeness (QED) is 0.795. The van der Waals surface area contributed by atoms with Crippen molar-refractivity contribution in [2.45, 2.75) is 26.7 Å². The third kappa shape index (κ3) is 2.91. The van der Waals surface area contributed by atoms with E-state index in [0.29, 0.717) is 10.7 Å². The molecule has 0 unspecified atom stereocenters. The Hall–Kier alpha value is -1.92. The molecule has 0 saturated carbocycles. The number of benzene rings is 1. The first-order chi connectivity index (χ1) is 9.15. The van der Waals surface area contributed by atoms with E-state index in [1.54, 1.807) is 6.07 Å². The average molecular weight is 272 g/mol. The van der Waals surface area contributed by atoms with Crippen LogP contribution in [0.1, 0.15) is 30.3 Å². The van der Waals surface area contributed by atoms with Crippen molar-refractivity contribution in [2.24, 2.45) is 0 Å². The van der Waals surface area contributed by atoms with Crippen LogP contribution in [0.25, 0.3) is 11.3 Å². The van der Waals surface area contributed by atoms with E-state index >= 15 is 0 Å². The van der Waals surface area contributed by atoms with Crippen LogP contribution in [0.15, 0.2) is 24.3 Å². The Kier molecular flexibility index (Phi) is 4.13. The van der Waals surface area contributed by atoms with Gasteiger partial charge in [0.25, 0.3) is 0 Å². The first-order valence-corrected chi connectivity index (χ1v) is 6.57. The predicted octanol–water partition coefficient (Wildman–Crippen LogP) is 3.93. The van der Waals surface area contributed by atoms with Crippen LogP contribution in [0.3, 0.4) is 0 Å². The molecule has 0 radical (unpaired) electrons. The standard InChI is InChI=1S/C15H14ClN3/c1-3-5-13-18-14(10(2)15(16)19-13)12-7-4-6-11(8-12)9-17/h4,6-8H,3,5H2,1-2H3. The second-order valence-electron chi connectivity index (χ2n) is 4.35. The molecule has 1 aromatic carbocycles. The molecule has 4 heteroatoms. The lowest BCUT2D eigenvalue weighted by atomic mass is 10.1. The lowest BCUT2D eigenvalue weighted by Crippen LogP contribution is -2.00. The highest BCUT2D eigenvalue weighted by Gasteiger charge is 2.11. The Morgan fingerprint density at radius 1 is 1.32 bits per heavy atom. The summed E-state index contributed by atoms with van der Waals surface area (Å²) in [6, 6.07) is 9.51. The van der Waals surface area contributed by atoms with Crippen LogP contribution in [0.5, 0.6) is 0 Å². The number of nitriles is 1. The number of hydrogen-bond donors (Lipinski definition) is 0. The summed E-state index contributed by atoms with van der Waals surface area (Å²) in [7, 11) is 0. The van der Waals surface area contributed by atoms with E-state index in [1.165, 1.54) is 0 Å². The van der Waals surface area contributed by atoms with Crippen LogP contribution in [0.4, 0.5) is 0 Å². The van der Waals surface area contributed by atoms with Gasteiger partial charge in [0.1, 0.15) is 11.0 Å². The number of rotatable bonds is 3. The first kappa shape index (κ1) is 13.5. The zero-order valence-electron chi connectivity index (χ0n) is 10.9. The molecular weight excluding hydrogens is 258 g/mol. The minimum atomic E-state index is 0.482. The normalized spacial score (nSPS) is 10.2. The summed E-state index contributed by atoms with van der Waals surface area (Å²) in [5.41, 5.74) is 3.17. The highest BCUT2D eigenvalue weighted by Crippen LogP contribution is 2.26. The van der Waals surface area contributed by atoms with Crippen LogP contribution in [-0.2, 0) is 6.42 Å². The summed E-state index contributed by atoms with van der Waals surface area (Å²) in [4.78, 5) is 8.84. The van der Waals surface area contributed by atoms with Crippen LogP contribution < -0.4 is 0 Å². The van der Waals surface area contributed by atoms with Crippen molar-refractivity contribution in [1.29, 1.82) is 5.26 Å². The van der Waals surface area contributed by atoms with Crippen LogP contribution in [0.2, 0.25) is 5.15 Å². The van der Waals surface area contributed by atoms with Crippen LogP contribution in [-0.4, -0.2) is 9.97 Å². The van der Waals surface area contributed by atoms with Crippen molar-refractivity contribution >= 4 is 11.6 Å². The summed E-state index contributed by atoms with van der Waals surface area (Å²) in [5.74, 6) is 0.746. The molecule has 0 aliphatic carbocycles. The number of hydrogen-bond acceptors (Lipinski definition) is 3. The smallest absolute Gasteiger partial charge is 0.136 e. The van der Waals surface area contributed by atoms with E-state index in [9.17, 15) is 0 Å². The van der Waals surface area contributed by atoms with Gasteiger partial charge in [0.05, 0.1) is 17.3 Å². The Balaban J connectivity index is 2.57. The molecule has 0 aliphatic heterocycles. The maximum atomic E-state index is 8.96. The van der Waals surface area contributed by atoms with Gasteiger partial charge in [-0.3, -0.25) is 0 Å². The minimum Gasteiger partial charge on any atom is -0.233 e. The lowest BCUT2D eigenvalue weighted by molar-refractivity contribution is 0.833. The molecule has 3 nitrogen and oxygen atoms in total. The van der Waals surface area contributed by atoms with E-state index in [4.69, 9.17) is 16.9 Å². The lowest BCUT2D eigenvalue weighted by Gasteiger charge is -2.09. The van der Waals surface area contributed by atoms with Crippen molar-refractivity contribution in [3.8, 4) is 17.3 Å². The van der Waals surface area contributed by atoms with Crippen molar-refractivity contribution in [1.82, 2.24) is 9.97 Å². The SMILES string of the molecule is CCCc1nc(Cl)c(C)c(-c2cccc(C#N)c2)n1. The fourth-order valence-electron chi connectivity index (χ4n) is 1.89. The van der Waals surface area contributed by atoms with Gasteiger partial charge in [0.15, 0.2) is 0 Å². The summed E-state index contributed by atoms with van der Waals surface area (Å²) < 4.78 is 0. The van der Waals surface area contributed by atoms with Crippen molar-refractivity contribution in [3.63, 3.8) is 0 Å². The number of aromatic nitrogens is 2. The van der Waals surface area contributed by atoms with Crippen molar-refractivity contribution in [2.75, 3.05) is 0 Å². The van der Waals surface area contributed by atoms with E-state index in [-0.39, 0.29) is 0 Å². The molecule has 0 saturated heterocycles. The topological polar surface area (TPSA) is 49.6 Å². The largest absolute Gasteiger partial charge is 0.233 e. The molecule has 0 fully saturated rings. The van der Waals surface area contributed by atoms with Gasteiger partial charge in [-0.15, -0.1) is 0 Å². The van der Waals surface area contributed by atoms with Gasteiger partial charge in [0.2, 0.25) is 0 Å². The molecule has 1 heterocycles. The molecule has 0 aliphatic rings. The number of aryl methyl sites for hydroxylation is 1. The second-order valence-corrected chi connectivity index (χ2v) is 4.70. The molecule has 1 aromatic heterocycles. The summed E-state index contributed by atoms with van der Waals surface area (Å²) >= 11 is 6.16. The molecule has 0 bridgehead atoms. The van der Waals surface area contributed by atoms with Gasteiger partial charge < -0.3 is 0 Å². The van der Waals surface area contributed by atoms with E-state index < -0.39 is 0 Å². The first-order valence-electron chi connectivity index (χ1n) is 6.19.